The molecule has 4 saturated carbocycles. The molecule has 3 N–H and O–H groups in total. The molecule has 6 aliphatic rings. The van der Waals surface area contributed by atoms with E-state index in [1.165, 1.54) is 38.5 Å². The predicted octanol–water partition coefficient (Wildman–Crippen LogP) is 2.10. The molecule has 0 radical (unpaired) electrons. The van der Waals surface area contributed by atoms with Gasteiger partial charge in [-0.25, -0.2) is 9.97 Å². The van der Waals surface area contributed by atoms with Crippen LogP contribution in [0.3, 0.4) is 0 Å². The van der Waals surface area contributed by atoms with E-state index in [-0.39, 0.29) is 23.5 Å². The van der Waals surface area contributed by atoms with Crippen LogP contribution in [0.4, 0.5) is 5.82 Å². The van der Waals surface area contributed by atoms with Crippen molar-refractivity contribution in [2.45, 2.75) is 76.5 Å². The number of nitrogens with one attached hydrogen (secondary N) is 2. The van der Waals surface area contributed by atoms with Crippen molar-refractivity contribution in [3.8, 4) is 0 Å². The average Bonchev–Trinajstić information content (AvgIpc) is 3.30. The molecule has 1 aromatic heterocycles. The van der Waals surface area contributed by atoms with Crippen molar-refractivity contribution in [1.29, 1.82) is 0 Å². The Balaban J connectivity index is 1.12. The standard InChI is InChI=1S/C24H35N5O2/c30-21(24-9-15-6-16(10-24)8-17(7-15)11-24)12-26-22-18-3-5-29(13-20(18)27-14-28-22)23(31)19-2-1-4-25-19/h14-17,19,21,25,30H,1-13H2,(H,26,27,28)/t15?,16?,17?,19?,21-,24?/m0/s1. The Morgan fingerprint density at radius 3 is 2.65 bits per heavy atom. The van der Waals surface area contributed by atoms with Crippen LogP contribution < -0.4 is 10.6 Å². The Hall–Kier alpha value is -1.73. The van der Waals surface area contributed by atoms with Crippen LogP contribution in [0.15, 0.2) is 6.33 Å². The van der Waals surface area contributed by atoms with E-state index in [0.717, 1.165) is 60.6 Å². The molecule has 1 aromatic rings. The molecule has 4 aliphatic carbocycles. The second-order valence-electron chi connectivity index (χ2n) is 11.0. The van der Waals surface area contributed by atoms with Crippen molar-refractivity contribution in [2.75, 3.05) is 25.0 Å². The van der Waals surface area contributed by atoms with Crippen molar-refractivity contribution in [3.05, 3.63) is 17.6 Å². The van der Waals surface area contributed by atoms with Gasteiger partial charge in [-0.05, 0) is 87.5 Å². The summed E-state index contributed by atoms with van der Waals surface area (Å²) in [6.45, 7) is 2.76. The largest absolute Gasteiger partial charge is 0.391 e. The normalized spacial score (nSPS) is 37.0. The van der Waals surface area contributed by atoms with E-state index >= 15 is 0 Å². The fourth-order valence-corrected chi connectivity index (χ4v) is 7.81. The number of aliphatic hydroxyl groups is 1. The number of hydrogen-bond donors (Lipinski definition) is 3. The number of amides is 1. The maximum absolute atomic E-state index is 12.8. The third-order valence-corrected chi connectivity index (χ3v) is 8.93. The van der Waals surface area contributed by atoms with E-state index in [4.69, 9.17) is 0 Å². The summed E-state index contributed by atoms with van der Waals surface area (Å²) in [6.07, 6.45) is 11.8. The Kier molecular flexibility index (Phi) is 4.94. The number of carbonyl (C=O) groups excluding carboxylic acids is 1. The van der Waals surface area contributed by atoms with Crippen molar-refractivity contribution >= 4 is 11.7 Å². The van der Waals surface area contributed by atoms with Gasteiger partial charge in [-0.15, -0.1) is 0 Å². The molecule has 2 atom stereocenters. The maximum atomic E-state index is 12.8. The van der Waals surface area contributed by atoms with Crippen LogP contribution in [0, 0.1) is 23.2 Å². The van der Waals surface area contributed by atoms with Gasteiger partial charge in [-0.3, -0.25) is 4.79 Å². The van der Waals surface area contributed by atoms with E-state index in [1.54, 1.807) is 6.33 Å². The molecule has 1 saturated heterocycles. The molecular weight excluding hydrogens is 390 g/mol. The quantitative estimate of drug-likeness (QED) is 0.669. The molecule has 1 amide bonds. The van der Waals surface area contributed by atoms with Gasteiger partial charge in [0.15, 0.2) is 0 Å². The van der Waals surface area contributed by atoms with Crippen LogP contribution in [-0.4, -0.2) is 57.7 Å². The van der Waals surface area contributed by atoms with Gasteiger partial charge in [0.25, 0.3) is 0 Å². The minimum atomic E-state index is -0.318. The van der Waals surface area contributed by atoms with Crippen LogP contribution in [0.25, 0.3) is 0 Å². The molecule has 5 fully saturated rings. The molecular formula is C24H35N5O2. The van der Waals surface area contributed by atoms with Crippen LogP contribution in [0.1, 0.15) is 62.6 Å². The van der Waals surface area contributed by atoms with Crippen LogP contribution in [0.2, 0.25) is 0 Å². The number of rotatable bonds is 5. The third kappa shape index (κ3) is 3.54. The molecule has 168 valence electrons. The molecule has 7 heteroatoms. The summed E-state index contributed by atoms with van der Waals surface area (Å²) in [5, 5.41) is 18.0. The first-order valence-electron chi connectivity index (χ1n) is 12.4. The summed E-state index contributed by atoms with van der Waals surface area (Å²) in [7, 11) is 0. The van der Waals surface area contributed by atoms with Crippen molar-refractivity contribution in [2.24, 2.45) is 23.2 Å². The average molecular weight is 426 g/mol. The number of fused-ring (bicyclic) bond motifs is 1. The highest BCUT2D eigenvalue weighted by atomic mass is 16.3. The van der Waals surface area contributed by atoms with E-state index in [2.05, 4.69) is 20.6 Å². The Morgan fingerprint density at radius 2 is 1.97 bits per heavy atom. The lowest BCUT2D eigenvalue weighted by Crippen LogP contribution is -2.53. The highest BCUT2D eigenvalue weighted by Gasteiger charge is 2.53. The number of nitrogens with zero attached hydrogens (tertiary/aromatic N) is 3. The fraction of sp³-hybridized carbons (Fsp3) is 0.792. The summed E-state index contributed by atoms with van der Waals surface area (Å²) in [4.78, 5) is 23.7. The molecule has 1 unspecified atom stereocenters. The van der Waals surface area contributed by atoms with Crippen molar-refractivity contribution in [1.82, 2.24) is 20.2 Å². The maximum Gasteiger partial charge on any atom is 0.240 e. The molecule has 31 heavy (non-hydrogen) atoms. The smallest absolute Gasteiger partial charge is 0.240 e. The Bertz CT molecular complexity index is 817. The van der Waals surface area contributed by atoms with Crippen molar-refractivity contribution < 1.29 is 9.90 Å². The summed E-state index contributed by atoms with van der Waals surface area (Å²) in [5.41, 5.74) is 2.18. The SMILES string of the molecule is O=C(C1CCCN1)N1CCc2c(ncnc2NC[C@H](O)C23CC4CC(CC(C4)C2)C3)C1. The summed E-state index contributed by atoms with van der Waals surface area (Å²) in [6, 6.07) is -0.0311. The van der Waals surface area contributed by atoms with Gasteiger partial charge in [0.2, 0.25) is 5.91 Å². The molecule has 7 nitrogen and oxygen atoms in total. The van der Waals surface area contributed by atoms with Gasteiger partial charge in [0.05, 0.1) is 24.4 Å². The van der Waals surface area contributed by atoms with Crippen LogP contribution in [-0.2, 0) is 17.8 Å². The molecule has 4 bridgehead atoms. The minimum absolute atomic E-state index is 0.0311. The number of hydrogen-bond acceptors (Lipinski definition) is 6. The highest BCUT2D eigenvalue weighted by molar-refractivity contribution is 5.82. The second kappa shape index (κ2) is 7.69. The van der Waals surface area contributed by atoms with E-state index in [9.17, 15) is 9.90 Å². The molecule has 0 spiro atoms. The lowest BCUT2D eigenvalue weighted by atomic mass is 9.48. The van der Waals surface area contributed by atoms with E-state index in [1.807, 2.05) is 4.90 Å². The first-order chi connectivity index (χ1) is 15.1. The number of aliphatic hydroxyl groups excluding tert-OH is 1. The number of anilines is 1. The minimum Gasteiger partial charge on any atom is -0.391 e. The zero-order chi connectivity index (χ0) is 21.0. The lowest BCUT2D eigenvalue weighted by Gasteiger charge is -2.58. The van der Waals surface area contributed by atoms with Gasteiger partial charge < -0.3 is 20.6 Å². The summed E-state index contributed by atoms with van der Waals surface area (Å²) < 4.78 is 0. The van der Waals surface area contributed by atoms with Crippen molar-refractivity contribution in [3.63, 3.8) is 0 Å². The van der Waals surface area contributed by atoms with Gasteiger partial charge in [0, 0.05) is 18.7 Å². The van der Waals surface area contributed by atoms with E-state index in [0.29, 0.717) is 19.6 Å². The summed E-state index contributed by atoms with van der Waals surface area (Å²) in [5.74, 6) is 3.56. The number of aromatic nitrogens is 2. The van der Waals surface area contributed by atoms with Gasteiger partial charge in [-0.2, -0.15) is 0 Å². The predicted molar refractivity (Wildman–Crippen MR) is 117 cm³/mol. The van der Waals surface area contributed by atoms with Gasteiger partial charge >= 0.3 is 0 Å². The Morgan fingerprint density at radius 1 is 1.23 bits per heavy atom. The highest BCUT2D eigenvalue weighted by Crippen LogP contribution is 2.61. The second-order valence-corrected chi connectivity index (χ2v) is 11.0. The first kappa shape index (κ1) is 19.9. The first-order valence-corrected chi connectivity index (χ1v) is 12.4. The zero-order valence-electron chi connectivity index (χ0n) is 18.4. The molecule has 0 aromatic carbocycles. The molecule has 3 heterocycles. The van der Waals surface area contributed by atoms with Gasteiger partial charge in [-0.1, -0.05) is 0 Å². The zero-order valence-corrected chi connectivity index (χ0v) is 18.4. The topological polar surface area (TPSA) is 90.4 Å². The fourth-order valence-electron chi connectivity index (χ4n) is 7.81. The molecule has 2 aliphatic heterocycles. The molecule has 7 rings (SSSR count). The monoisotopic (exact) mass is 425 g/mol. The third-order valence-electron chi connectivity index (χ3n) is 8.93. The van der Waals surface area contributed by atoms with Crippen LogP contribution in [0.5, 0.6) is 0 Å². The van der Waals surface area contributed by atoms with Crippen LogP contribution >= 0.6 is 0 Å². The summed E-state index contributed by atoms with van der Waals surface area (Å²) >= 11 is 0. The number of carbonyl (C=O) groups is 1. The van der Waals surface area contributed by atoms with E-state index < -0.39 is 0 Å². The lowest BCUT2D eigenvalue weighted by molar-refractivity contribution is -0.134. The van der Waals surface area contributed by atoms with Gasteiger partial charge in [0.1, 0.15) is 12.1 Å². The Labute approximate surface area is 184 Å².